The minimum absolute atomic E-state index is 0.0277. The van der Waals surface area contributed by atoms with E-state index in [0.717, 1.165) is 25.0 Å². The molecule has 3 rings (SSSR count). The Hall–Kier alpha value is -1.73. The van der Waals surface area contributed by atoms with Gasteiger partial charge in [-0.25, -0.2) is 0 Å². The first-order chi connectivity index (χ1) is 13.0. The van der Waals surface area contributed by atoms with Crippen LogP contribution >= 0.6 is 0 Å². The normalized spacial score (nSPS) is 24.7. The predicted octanol–water partition coefficient (Wildman–Crippen LogP) is 6.13. The number of halogens is 6. The molecule has 2 saturated carbocycles. The Morgan fingerprint density at radius 2 is 1.75 bits per heavy atom. The summed E-state index contributed by atoms with van der Waals surface area (Å²) in [6.45, 7) is 1.65. The number of hydrogen-bond donors (Lipinski definition) is 0. The fourth-order valence-electron chi connectivity index (χ4n) is 4.10. The van der Waals surface area contributed by atoms with Crippen molar-refractivity contribution in [3.05, 3.63) is 35.4 Å². The second-order valence-corrected chi connectivity index (χ2v) is 7.88. The zero-order chi connectivity index (χ0) is 20.7. The monoisotopic (exact) mass is 407 g/mol. The molecule has 3 unspecified atom stereocenters. The molecule has 1 aromatic rings. The van der Waals surface area contributed by atoms with Gasteiger partial charge < -0.3 is 4.90 Å². The van der Waals surface area contributed by atoms with Crippen LogP contribution in [0, 0.1) is 11.8 Å². The Balaban J connectivity index is 1.81. The molecule has 2 nitrogen and oxygen atoms in total. The maximum Gasteiger partial charge on any atom is 0.416 e. The second kappa shape index (κ2) is 7.59. The molecule has 28 heavy (non-hydrogen) atoms. The van der Waals surface area contributed by atoms with Crippen LogP contribution in [-0.2, 0) is 11.0 Å². The van der Waals surface area contributed by atoms with Gasteiger partial charge in [0, 0.05) is 12.0 Å². The van der Waals surface area contributed by atoms with Gasteiger partial charge in [-0.05, 0) is 56.7 Å². The van der Waals surface area contributed by atoms with Crippen molar-refractivity contribution in [3.8, 4) is 0 Å². The lowest BCUT2D eigenvalue weighted by atomic mass is 9.80. The average molecular weight is 407 g/mol. The first-order valence-electron chi connectivity index (χ1n) is 9.54. The Kier molecular flexibility index (Phi) is 5.69. The molecule has 1 amide bonds. The van der Waals surface area contributed by atoms with Gasteiger partial charge in [-0.3, -0.25) is 4.79 Å². The lowest BCUT2D eigenvalue weighted by molar-refractivity contribution is -0.187. The Morgan fingerprint density at radius 1 is 1.07 bits per heavy atom. The number of carbonyl (C=O) groups is 1. The van der Waals surface area contributed by atoms with E-state index < -0.39 is 35.8 Å². The molecule has 2 aliphatic rings. The molecule has 0 bridgehead atoms. The summed E-state index contributed by atoms with van der Waals surface area (Å²) in [7, 11) is 0. The van der Waals surface area contributed by atoms with Gasteiger partial charge in [0.05, 0.1) is 17.5 Å². The van der Waals surface area contributed by atoms with E-state index in [1.54, 1.807) is 6.92 Å². The van der Waals surface area contributed by atoms with E-state index in [0.29, 0.717) is 18.4 Å². The molecule has 156 valence electrons. The van der Waals surface area contributed by atoms with E-state index in [1.807, 2.05) is 0 Å². The highest BCUT2D eigenvalue weighted by atomic mass is 19.4. The average Bonchev–Trinajstić information content (AvgIpc) is 3.45. The van der Waals surface area contributed by atoms with Gasteiger partial charge in [-0.1, -0.05) is 18.6 Å². The van der Waals surface area contributed by atoms with Gasteiger partial charge in [-0.2, -0.15) is 26.3 Å². The number of rotatable bonds is 4. The van der Waals surface area contributed by atoms with E-state index in [-0.39, 0.29) is 24.8 Å². The van der Waals surface area contributed by atoms with Gasteiger partial charge in [0.1, 0.15) is 0 Å². The van der Waals surface area contributed by atoms with Crippen molar-refractivity contribution in [2.24, 2.45) is 11.8 Å². The minimum atomic E-state index is -4.49. The van der Waals surface area contributed by atoms with Crippen LogP contribution < -0.4 is 0 Å². The predicted molar refractivity (Wildman–Crippen MR) is 91.2 cm³/mol. The standard InChI is InChI=1S/C20H23F6NO/c1-12(13-4-2-6-15(10-13)19(21,22)23)27(17-8-9-17)18(28)14-5-3-7-16(11-14)20(24,25)26/h2,4,6,10,12,14,16-17H,3,5,7-9,11H2,1H3. The third-order valence-corrected chi connectivity index (χ3v) is 5.79. The summed E-state index contributed by atoms with van der Waals surface area (Å²) in [5, 5.41) is 0. The molecule has 1 aromatic carbocycles. The molecular formula is C20H23F6NO. The van der Waals surface area contributed by atoms with Crippen LogP contribution in [0.4, 0.5) is 26.3 Å². The van der Waals surface area contributed by atoms with Crippen molar-refractivity contribution in [3.63, 3.8) is 0 Å². The molecule has 0 aliphatic heterocycles. The Bertz CT molecular complexity index is 709. The van der Waals surface area contributed by atoms with Crippen molar-refractivity contribution in [2.75, 3.05) is 0 Å². The van der Waals surface area contributed by atoms with Gasteiger partial charge in [0.2, 0.25) is 5.91 Å². The molecule has 0 spiro atoms. The van der Waals surface area contributed by atoms with Crippen LogP contribution in [0.1, 0.15) is 62.6 Å². The maximum absolute atomic E-state index is 13.1. The third kappa shape index (κ3) is 4.63. The van der Waals surface area contributed by atoms with E-state index in [9.17, 15) is 31.1 Å². The minimum Gasteiger partial charge on any atom is -0.333 e. The van der Waals surface area contributed by atoms with Crippen LogP contribution in [0.5, 0.6) is 0 Å². The molecule has 0 N–H and O–H groups in total. The van der Waals surface area contributed by atoms with Crippen molar-refractivity contribution >= 4 is 5.91 Å². The highest BCUT2D eigenvalue weighted by Gasteiger charge is 2.46. The number of alkyl halides is 6. The molecule has 0 aromatic heterocycles. The van der Waals surface area contributed by atoms with Crippen LogP contribution in [0.15, 0.2) is 24.3 Å². The van der Waals surface area contributed by atoms with Gasteiger partial charge >= 0.3 is 12.4 Å². The van der Waals surface area contributed by atoms with E-state index in [2.05, 4.69) is 0 Å². The van der Waals surface area contributed by atoms with Gasteiger partial charge in [0.25, 0.3) is 0 Å². The summed E-state index contributed by atoms with van der Waals surface area (Å²) in [6.07, 6.45) is -6.85. The number of hydrogen-bond acceptors (Lipinski definition) is 1. The molecule has 3 atom stereocenters. The van der Waals surface area contributed by atoms with Crippen molar-refractivity contribution in [2.45, 2.75) is 69.9 Å². The van der Waals surface area contributed by atoms with E-state index in [4.69, 9.17) is 0 Å². The lowest BCUT2D eigenvalue weighted by Gasteiger charge is -2.36. The van der Waals surface area contributed by atoms with Crippen LogP contribution in [0.2, 0.25) is 0 Å². The Morgan fingerprint density at radius 3 is 2.32 bits per heavy atom. The summed E-state index contributed by atoms with van der Waals surface area (Å²) in [5.41, 5.74) is -0.451. The number of amides is 1. The number of nitrogens with zero attached hydrogens (tertiary/aromatic N) is 1. The maximum atomic E-state index is 13.1. The highest BCUT2D eigenvalue weighted by Crippen LogP contribution is 2.43. The van der Waals surface area contributed by atoms with Crippen LogP contribution in [-0.4, -0.2) is 23.0 Å². The molecule has 0 saturated heterocycles. The lowest BCUT2D eigenvalue weighted by Crippen LogP contribution is -2.42. The van der Waals surface area contributed by atoms with E-state index >= 15 is 0 Å². The van der Waals surface area contributed by atoms with Crippen LogP contribution in [0.25, 0.3) is 0 Å². The topological polar surface area (TPSA) is 20.3 Å². The van der Waals surface area contributed by atoms with Gasteiger partial charge in [0.15, 0.2) is 0 Å². The second-order valence-electron chi connectivity index (χ2n) is 7.88. The van der Waals surface area contributed by atoms with Crippen LogP contribution in [0.3, 0.4) is 0 Å². The SMILES string of the molecule is CC(c1cccc(C(F)(F)F)c1)N(C(=O)C1CCCC(C(F)(F)F)C1)C1CC1. The van der Waals surface area contributed by atoms with E-state index in [1.165, 1.54) is 17.0 Å². The van der Waals surface area contributed by atoms with Crippen molar-refractivity contribution in [1.82, 2.24) is 4.90 Å². The quantitative estimate of drug-likeness (QED) is 0.550. The number of benzene rings is 1. The molecule has 0 heterocycles. The first kappa shape index (κ1) is 21.0. The summed E-state index contributed by atoms with van der Waals surface area (Å²) in [5.74, 6) is -2.57. The number of carbonyl (C=O) groups excluding carboxylic acids is 1. The summed E-state index contributed by atoms with van der Waals surface area (Å²) in [4.78, 5) is 14.6. The first-order valence-corrected chi connectivity index (χ1v) is 9.54. The third-order valence-electron chi connectivity index (χ3n) is 5.79. The molecule has 0 radical (unpaired) electrons. The molecular weight excluding hydrogens is 384 g/mol. The largest absolute Gasteiger partial charge is 0.416 e. The fourth-order valence-corrected chi connectivity index (χ4v) is 4.10. The zero-order valence-corrected chi connectivity index (χ0v) is 15.5. The summed E-state index contributed by atoms with van der Waals surface area (Å²) < 4.78 is 78.4. The molecule has 8 heteroatoms. The molecule has 2 aliphatic carbocycles. The smallest absolute Gasteiger partial charge is 0.333 e. The highest BCUT2D eigenvalue weighted by molar-refractivity contribution is 5.80. The zero-order valence-electron chi connectivity index (χ0n) is 15.5. The van der Waals surface area contributed by atoms with Crippen molar-refractivity contribution < 1.29 is 31.1 Å². The fraction of sp³-hybridized carbons (Fsp3) is 0.650. The Labute approximate surface area is 159 Å². The van der Waals surface area contributed by atoms with Gasteiger partial charge in [-0.15, -0.1) is 0 Å². The summed E-state index contributed by atoms with van der Waals surface area (Å²) >= 11 is 0. The molecule has 2 fully saturated rings. The summed E-state index contributed by atoms with van der Waals surface area (Å²) in [6, 6.07) is 4.09. The van der Waals surface area contributed by atoms with Crippen molar-refractivity contribution in [1.29, 1.82) is 0 Å².